The number of benzene rings is 1. The van der Waals surface area contributed by atoms with E-state index in [0.717, 1.165) is 6.42 Å². The molecular weight excluding hydrogens is 374 g/mol. The van der Waals surface area contributed by atoms with Crippen LogP contribution >= 0.6 is 0 Å². The number of rotatable bonds is 19. The minimum absolute atomic E-state index is 0.0367. The third-order valence-electron chi connectivity index (χ3n) is 5.55. The van der Waals surface area contributed by atoms with Crippen LogP contribution in [0.1, 0.15) is 117 Å². The lowest BCUT2D eigenvalue weighted by atomic mass is 10.0. The van der Waals surface area contributed by atoms with Crippen molar-refractivity contribution in [3.05, 3.63) is 18.2 Å². The van der Waals surface area contributed by atoms with E-state index in [4.69, 9.17) is 4.74 Å². The molecule has 0 aliphatic carbocycles. The Morgan fingerprint density at radius 2 is 1.27 bits per heavy atom. The highest BCUT2D eigenvalue weighted by Crippen LogP contribution is 2.28. The molecule has 0 saturated carbocycles. The van der Waals surface area contributed by atoms with Crippen molar-refractivity contribution in [1.29, 1.82) is 0 Å². The molecule has 1 rings (SSSR count). The lowest BCUT2D eigenvalue weighted by Crippen LogP contribution is -2.06. The third kappa shape index (κ3) is 14.3. The predicted molar refractivity (Wildman–Crippen MR) is 127 cm³/mol. The molecule has 0 saturated heterocycles. The van der Waals surface area contributed by atoms with Crippen LogP contribution in [0.3, 0.4) is 0 Å². The Kier molecular flexibility index (Phi) is 15.9. The quantitative estimate of drug-likeness (QED) is 0.176. The summed E-state index contributed by atoms with van der Waals surface area (Å²) in [5.41, 5.74) is 0.414. The van der Waals surface area contributed by atoms with E-state index in [1.54, 1.807) is 18.2 Å². The average molecular weight is 420 g/mol. The maximum atomic E-state index is 11.0. The van der Waals surface area contributed by atoms with Gasteiger partial charge in [0.25, 0.3) is 0 Å². The number of carbonyl (C=O) groups excluding carboxylic acids is 1. The van der Waals surface area contributed by atoms with Crippen LogP contribution < -0.4 is 10.1 Å². The lowest BCUT2D eigenvalue weighted by Gasteiger charge is -2.09. The van der Waals surface area contributed by atoms with Gasteiger partial charge in [-0.2, -0.15) is 0 Å². The maximum Gasteiger partial charge on any atom is 0.221 e. The SMILES string of the molecule is CCCCCCCCCCCCCCCCCCOc1ccc(NC(C)=O)c(O)c1. The fraction of sp³-hybridized carbons (Fsp3) is 0.731. The molecule has 0 fully saturated rings. The minimum atomic E-state index is -0.202. The largest absolute Gasteiger partial charge is 0.506 e. The number of aromatic hydroxyl groups is 1. The summed E-state index contributed by atoms with van der Waals surface area (Å²) in [6.07, 6.45) is 21.7. The molecule has 0 unspecified atom stereocenters. The lowest BCUT2D eigenvalue weighted by molar-refractivity contribution is -0.114. The molecule has 0 radical (unpaired) electrons. The molecule has 0 aromatic heterocycles. The van der Waals surface area contributed by atoms with Crippen molar-refractivity contribution < 1.29 is 14.6 Å². The van der Waals surface area contributed by atoms with Gasteiger partial charge in [-0.05, 0) is 18.6 Å². The van der Waals surface area contributed by atoms with E-state index in [9.17, 15) is 9.90 Å². The highest BCUT2D eigenvalue weighted by molar-refractivity contribution is 5.90. The first-order valence-corrected chi connectivity index (χ1v) is 12.4. The summed E-state index contributed by atoms with van der Waals surface area (Å²) in [6, 6.07) is 4.99. The van der Waals surface area contributed by atoms with Crippen LogP contribution in [-0.4, -0.2) is 17.6 Å². The van der Waals surface area contributed by atoms with Crippen molar-refractivity contribution in [2.75, 3.05) is 11.9 Å². The molecule has 1 amide bonds. The van der Waals surface area contributed by atoms with Crippen LogP contribution in [0.15, 0.2) is 18.2 Å². The Morgan fingerprint density at radius 3 is 1.70 bits per heavy atom. The number of ether oxygens (including phenoxy) is 1. The van der Waals surface area contributed by atoms with Crippen molar-refractivity contribution >= 4 is 11.6 Å². The summed E-state index contributed by atoms with van der Waals surface area (Å²) in [7, 11) is 0. The second-order valence-corrected chi connectivity index (χ2v) is 8.51. The van der Waals surface area contributed by atoms with Crippen molar-refractivity contribution in [3.8, 4) is 11.5 Å². The van der Waals surface area contributed by atoms with Gasteiger partial charge in [-0.1, -0.05) is 103 Å². The molecule has 4 nitrogen and oxygen atoms in total. The van der Waals surface area contributed by atoms with E-state index < -0.39 is 0 Å². The summed E-state index contributed by atoms with van der Waals surface area (Å²) in [6.45, 7) is 4.36. The summed E-state index contributed by atoms with van der Waals surface area (Å²) in [5.74, 6) is 0.476. The van der Waals surface area contributed by atoms with E-state index in [2.05, 4.69) is 12.2 Å². The maximum absolute atomic E-state index is 11.0. The van der Waals surface area contributed by atoms with Crippen LogP contribution in [-0.2, 0) is 4.79 Å². The normalized spacial score (nSPS) is 10.9. The molecule has 172 valence electrons. The topological polar surface area (TPSA) is 58.6 Å². The molecule has 2 N–H and O–H groups in total. The van der Waals surface area contributed by atoms with Crippen LogP contribution in [0.5, 0.6) is 11.5 Å². The molecular formula is C26H45NO3. The Labute approximate surface area is 184 Å². The van der Waals surface area contributed by atoms with Crippen molar-refractivity contribution in [2.24, 2.45) is 0 Å². The molecule has 0 spiro atoms. The Balaban J connectivity index is 1.87. The van der Waals surface area contributed by atoms with E-state index in [1.807, 2.05) is 0 Å². The molecule has 1 aromatic rings. The number of carbonyl (C=O) groups is 1. The summed E-state index contributed by atoms with van der Waals surface area (Å²) < 4.78 is 5.69. The van der Waals surface area contributed by atoms with Gasteiger partial charge in [0.2, 0.25) is 5.91 Å². The zero-order chi connectivity index (χ0) is 21.9. The van der Waals surface area contributed by atoms with Gasteiger partial charge < -0.3 is 15.2 Å². The van der Waals surface area contributed by atoms with Gasteiger partial charge in [0.1, 0.15) is 11.5 Å². The highest BCUT2D eigenvalue weighted by Gasteiger charge is 2.04. The Bertz CT molecular complexity index is 559. The number of unbranched alkanes of at least 4 members (excludes halogenated alkanes) is 15. The van der Waals surface area contributed by atoms with Gasteiger partial charge in [-0.15, -0.1) is 0 Å². The third-order valence-corrected chi connectivity index (χ3v) is 5.55. The summed E-state index contributed by atoms with van der Waals surface area (Å²) in [5, 5.41) is 12.5. The molecule has 0 aliphatic rings. The first-order valence-electron chi connectivity index (χ1n) is 12.4. The molecule has 0 heterocycles. The molecule has 4 heteroatoms. The summed E-state index contributed by atoms with van der Waals surface area (Å²) in [4.78, 5) is 11.0. The van der Waals surface area contributed by atoms with Gasteiger partial charge in [0.15, 0.2) is 0 Å². The Hall–Kier alpha value is -1.71. The van der Waals surface area contributed by atoms with Crippen LogP contribution in [0.4, 0.5) is 5.69 Å². The number of phenolic OH excluding ortho intramolecular Hbond substituents is 1. The van der Waals surface area contributed by atoms with Crippen molar-refractivity contribution in [2.45, 2.75) is 117 Å². The Morgan fingerprint density at radius 1 is 0.800 bits per heavy atom. The predicted octanol–water partition coefficient (Wildman–Crippen LogP) is 7.99. The number of phenols is 1. The number of amides is 1. The van der Waals surface area contributed by atoms with E-state index in [0.29, 0.717) is 18.0 Å². The van der Waals surface area contributed by atoms with Crippen LogP contribution in [0.2, 0.25) is 0 Å². The number of anilines is 1. The molecule has 0 atom stereocenters. The molecule has 0 bridgehead atoms. The molecule has 1 aromatic carbocycles. The van der Waals surface area contributed by atoms with Gasteiger partial charge in [-0.3, -0.25) is 4.79 Å². The number of hydrogen-bond donors (Lipinski definition) is 2. The average Bonchev–Trinajstić information content (AvgIpc) is 2.72. The fourth-order valence-electron chi connectivity index (χ4n) is 3.74. The smallest absolute Gasteiger partial charge is 0.221 e. The van der Waals surface area contributed by atoms with E-state index in [-0.39, 0.29) is 11.7 Å². The molecule has 0 aliphatic heterocycles. The standard InChI is InChI=1S/C26H45NO3/c1-3-4-5-6-7-8-9-10-11-12-13-14-15-16-17-18-21-30-24-19-20-25(26(29)22-24)27-23(2)28/h19-20,22,29H,3-18,21H2,1-2H3,(H,27,28). The first kappa shape index (κ1) is 26.3. The monoisotopic (exact) mass is 419 g/mol. The zero-order valence-corrected chi connectivity index (χ0v) is 19.5. The second kappa shape index (κ2) is 18.1. The fourth-order valence-corrected chi connectivity index (χ4v) is 3.74. The first-order chi connectivity index (χ1) is 14.6. The van der Waals surface area contributed by atoms with Crippen molar-refractivity contribution in [1.82, 2.24) is 0 Å². The van der Waals surface area contributed by atoms with Crippen LogP contribution in [0, 0.1) is 0 Å². The van der Waals surface area contributed by atoms with Crippen molar-refractivity contribution in [3.63, 3.8) is 0 Å². The summed E-state index contributed by atoms with van der Waals surface area (Å²) >= 11 is 0. The van der Waals surface area contributed by atoms with Gasteiger partial charge >= 0.3 is 0 Å². The van der Waals surface area contributed by atoms with Gasteiger partial charge in [-0.25, -0.2) is 0 Å². The van der Waals surface area contributed by atoms with E-state index in [1.165, 1.54) is 103 Å². The van der Waals surface area contributed by atoms with Gasteiger partial charge in [0.05, 0.1) is 12.3 Å². The molecule has 30 heavy (non-hydrogen) atoms. The minimum Gasteiger partial charge on any atom is -0.506 e. The van der Waals surface area contributed by atoms with Gasteiger partial charge in [0, 0.05) is 13.0 Å². The number of nitrogens with one attached hydrogen (secondary N) is 1. The van der Waals surface area contributed by atoms with E-state index >= 15 is 0 Å². The number of hydrogen-bond acceptors (Lipinski definition) is 3. The van der Waals surface area contributed by atoms with Crippen LogP contribution in [0.25, 0.3) is 0 Å². The zero-order valence-electron chi connectivity index (χ0n) is 19.5. The second-order valence-electron chi connectivity index (χ2n) is 8.51. The highest BCUT2D eigenvalue weighted by atomic mass is 16.5.